The maximum Gasteiger partial charge on any atom is 0.319 e. The molecule has 0 saturated heterocycles. The number of aromatic nitrogens is 1. The third-order valence-corrected chi connectivity index (χ3v) is 2.99. The van der Waals surface area contributed by atoms with E-state index in [-0.39, 0.29) is 24.2 Å². The second-order valence-corrected chi connectivity index (χ2v) is 4.54. The number of carbonyl (C=O) groups excluding carboxylic acids is 1. The molecule has 1 aromatic heterocycles. The molecule has 0 aromatic carbocycles. The van der Waals surface area contributed by atoms with Crippen LogP contribution in [0.25, 0.3) is 0 Å². The van der Waals surface area contributed by atoms with Crippen molar-refractivity contribution in [1.29, 1.82) is 0 Å². The van der Waals surface area contributed by atoms with Crippen molar-refractivity contribution in [3.05, 3.63) is 28.2 Å². The third kappa shape index (κ3) is 4.40. The van der Waals surface area contributed by atoms with Gasteiger partial charge in [0.15, 0.2) is 0 Å². The molecule has 6 nitrogen and oxygen atoms in total. The van der Waals surface area contributed by atoms with Crippen LogP contribution < -0.4 is 16.2 Å². The van der Waals surface area contributed by atoms with Gasteiger partial charge in [-0.3, -0.25) is 4.79 Å². The molecule has 0 fully saturated rings. The fraction of sp³-hybridized carbons (Fsp3) is 0.538. The van der Waals surface area contributed by atoms with E-state index in [0.717, 1.165) is 6.42 Å². The topological polar surface area (TPSA) is 83.4 Å². The minimum absolute atomic E-state index is 0.0393. The van der Waals surface area contributed by atoms with Crippen LogP contribution in [0.1, 0.15) is 25.3 Å². The zero-order valence-corrected chi connectivity index (χ0v) is 11.6. The van der Waals surface area contributed by atoms with Gasteiger partial charge < -0.3 is 20.3 Å². The van der Waals surface area contributed by atoms with Crippen LogP contribution in [0.5, 0.6) is 0 Å². The molecule has 0 radical (unpaired) electrons. The number of hydrogen-bond acceptors (Lipinski definition) is 3. The van der Waals surface area contributed by atoms with Crippen molar-refractivity contribution in [3.63, 3.8) is 0 Å². The van der Waals surface area contributed by atoms with E-state index < -0.39 is 0 Å². The van der Waals surface area contributed by atoms with E-state index in [1.807, 2.05) is 6.92 Å². The summed E-state index contributed by atoms with van der Waals surface area (Å²) in [7, 11) is 1.63. The molecular formula is C13H21N3O3. The number of aliphatic hydroxyl groups excluding tert-OH is 1. The molecule has 0 saturated carbocycles. The highest BCUT2D eigenvalue weighted by Gasteiger charge is 2.11. The Labute approximate surface area is 112 Å². The fourth-order valence-electron chi connectivity index (χ4n) is 1.73. The first-order chi connectivity index (χ1) is 8.97. The number of carbonyl (C=O) groups is 1. The van der Waals surface area contributed by atoms with Gasteiger partial charge in [0.2, 0.25) is 0 Å². The zero-order chi connectivity index (χ0) is 14.4. The lowest BCUT2D eigenvalue weighted by Crippen LogP contribution is -2.38. The van der Waals surface area contributed by atoms with Crippen molar-refractivity contribution in [2.45, 2.75) is 32.7 Å². The molecule has 3 N–H and O–H groups in total. The summed E-state index contributed by atoms with van der Waals surface area (Å²) in [5.41, 5.74) is 1.20. The first kappa shape index (κ1) is 15.2. The average molecular weight is 267 g/mol. The summed E-state index contributed by atoms with van der Waals surface area (Å²) in [6.07, 6.45) is 2.86. The van der Waals surface area contributed by atoms with Gasteiger partial charge >= 0.3 is 6.03 Å². The molecule has 0 aliphatic rings. The maximum absolute atomic E-state index is 11.8. The SMILES string of the molecule is CC[C@H](CCO)NC(=O)Nc1cn(C)c(=O)cc1C. The number of urea groups is 1. The average Bonchev–Trinajstić information content (AvgIpc) is 2.35. The van der Waals surface area contributed by atoms with E-state index in [4.69, 9.17) is 5.11 Å². The summed E-state index contributed by atoms with van der Waals surface area (Å²) in [6.45, 7) is 3.75. The number of nitrogens with one attached hydrogen (secondary N) is 2. The minimum atomic E-state index is -0.331. The molecule has 0 aliphatic heterocycles. The highest BCUT2D eigenvalue weighted by molar-refractivity contribution is 5.90. The Bertz CT molecular complexity index is 496. The predicted octanol–water partition coefficient (Wildman–Crippen LogP) is 0.976. The van der Waals surface area contributed by atoms with Gasteiger partial charge in [-0.05, 0) is 25.3 Å². The van der Waals surface area contributed by atoms with Gasteiger partial charge in [0.1, 0.15) is 0 Å². The van der Waals surface area contributed by atoms with Gasteiger partial charge in [-0.2, -0.15) is 0 Å². The van der Waals surface area contributed by atoms with E-state index in [2.05, 4.69) is 10.6 Å². The minimum Gasteiger partial charge on any atom is -0.396 e. The lowest BCUT2D eigenvalue weighted by Gasteiger charge is -2.17. The normalized spacial score (nSPS) is 12.0. The van der Waals surface area contributed by atoms with E-state index in [9.17, 15) is 9.59 Å². The van der Waals surface area contributed by atoms with E-state index >= 15 is 0 Å². The van der Waals surface area contributed by atoms with E-state index in [1.165, 1.54) is 10.6 Å². The highest BCUT2D eigenvalue weighted by Crippen LogP contribution is 2.10. The highest BCUT2D eigenvalue weighted by atomic mass is 16.3. The van der Waals surface area contributed by atoms with Crippen LogP contribution in [-0.4, -0.2) is 28.4 Å². The van der Waals surface area contributed by atoms with Gasteiger partial charge in [-0.15, -0.1) is 0 Å². The lowest BCUT2D eigenvalue weighted by atomic mass is 10.1. The largest absolute Gasteiger partial charge is 0.396 e. The molecule has 2 amide bonds. The molecule has 1 heterocycles. The Hall–Kier alpha value is -1.82. The van der Waals surface area contributed by atoms with Crippen molar-refractivity contribution in [3.8, 4) is 0 Å². The summed E-state index contributed by atoms with van der Waals surface area (Å²) < 4.78 is 1.41. The Kier molecular flexibility index (Phi) is 5.57. The van der Waals surface area contributed by atoms with Crippen LogP contribution in [0.2, 0.25) is 0 Å². The van der Waals surface area contributed by atoms with Crippen LogP contribution in [0.3, 0.4) is 0 Å². The van der Waals surface area contributed by atoms with Crippen molar-refractivity contribution in [2.75, 3.05) is 11.9 Å². The molecule has 0 unspecified atom stereocenters. The maximum atomic E-state index is 11.8. The van der Waals surface area contributed by atoms with Crippen molar-refractivity contribution < 1.29 is 9.90 Å². The molecular weight excluding hydrogens is 246 g/mol. The summed E-state index contributed by atoms with van der Waals surface area (Å²) in [6, 6.07) is 1.08. The number of amides is 2. The number of anilines is 1. The first-order valence-electron chi connectivity index (χ1n) is 6.33. The summed E-state index contributed by atoms with van der Waals surface area (Å²) in [5.74, 6) is 0. The molecule has 1 atom stereocenters. The number of pyridine rings is 1. The monoisotopic (exact) mass is 267 g/mol. The molecule has 1 rings (SSSR count). The van der Waals surface area contributed by atoms with Crippen LogP contribution >= 0.6 is 0 Å². The number of aliphatic hydroxyl groups is 1. The number of hydrogen-bond donors (Lipinski definition) is 3. The Morgan fingerprint density at radius 3 is 2.79 bits per heavy atom. The number of nitrogens with zero attached hydrogens (tertiary/aromatic N) is 1. The molecule has 0 aliphatic carbocycles. The van der Waals surface area contributed by atoms with Gasteiger partial charge in [-0.1, -0.05) is 6.92 Å². The second-order valence-electron chi connectivity index (χ2n) is 4.54. The van der Waals surface area contributed by atoms with Crippen LogP contribution in [0.15, 0.2) is 17.1 Å². The lowest BCUT2D eigenvalue weighted by molar-refractivity contribution is 0.237. The van der Waals surface area contributed by atoms with E-state index in [1.54, 1.807) is 20.2 Å². The second kappa shape index (κ2) is 6.94. The predicted molar refractivity (Wildman–Crippen MR) is 74.4 cm³/mol. The van der Waals surface area contributed by atoms with Crippen LogP contribution in [0, 0.1) is 6.92 Å². The van der Waals surface area contributed by atoms with Crippen molar-refractivity contribution in [1.82, 2.24) is 9.88 Å². The van der Waals surface area contributed by atoms with Crippen molar-refractivity contribution >= 4 is 11.7 Å². The zero-order valence-electron chi connectivity index (χ0n) is 11.6. The summed E-state index contributed by atoms with van der Waals surface area (Å²) >= 11 is 0. The first-order valence-corrected chi connectivity index (χ1v) is 6.33. The number of aryl methyl sites for hydroxylation is 2. The smallest absolute Gasteiger partial charge is 0.319 e. The van der Waals surface area contributed by atoms with Gasteiger partial charge in [0.05, 0.1) is 5.69 Å². The summed E-state index contributed by atoms with van der Waals surface area (Å²) in [4.78, 5) is 23.2. The third-order valence-electron chi connectivity index (χ3n) is 2.99. The number of rotatable bonds is 5. The van der Waals surface area contributed by atoms with Crippen molar-refractivity contribution in [2.24, 2.45) is 7.05 Å². The fourth-order valence-corrected chi connectivity index (χ4v) is 1.73. The molecule has 6 heteroatoms. The van der Waals surface area contributed by atoms with Gasteiger partial charge in [-0.25, -0.2) is 4.79 Å². The van der Waals surface area contributed by atoms with Gasteiger partial charge in [0, 0.05) is 32.0 Å². The molecule has 19 heavy (non-hydrogen) atoms. The van der Waals surface area contributed by atoms with Crippen LogP contribution in [0.4, 0.5) is 10.5 Å². The molecule has 1 aromatic rings. The Morgan fingerprint density at radius 2 is 2.21 bits per heavy atom. The standard InChI is InChI=1S/C13H21N3O3/c1-4-10(5-6-17)14-13(19)15-11-8-16(3)12(18)7-9(11)2/h7-8,10,17H,4-6H2,1-3H3,(H2,14,15,19)/t10-/m1/s1. The van der Waals surface area contributed by atoms with Crippen LogP contribution in [-0.2, 0) is 7.05 Å². The summed E-state index contributed by atoms with van der Waals surface area (Å²) in [5, 5.41) is 14.4. The quantitative estimate of drug-likeness (QED) is 0.743. The molecule has 0 bridgehead atoms. The van der Waals surface area contributed by atoms with E-state index in [0.29, 0.717) is 17.7 Å². The Morgan fingerprint density at radius 1 is 1.53 bits per heavy atom. The molecule has 0 spiro atoms. The Balaban J connectivity index is 2.71. The van der Waals surface area contributed by atoms with Gasteiger partial charge in [0.25, 0.3) is 5.56 Å². The molecule has 106 valence electrons.